The molecule has 6 heteroatoms. The third-order valence-electron chi connectivity index (χ3n) is 4.49. The Bertz CT molecular complexity index is 702. The molecular weight excluding hydrogens is 318 g/mol. The summed E-state index contributed by atoms with van der Waals surface area (Å²) in [7, 11) is 0. The molecule has 1 amide bonds. The number of hydrogen-bond acceptors (Lipinski definition) is 5. The van der Waals surface area contributed by atoms with Crippen LogP contribution in [0.15, 0.2) is 42.7 Å². The lowest BCUT2D eigenvalue weighted by Gasteiger charge is -2.38. The van der Waals surface area contributed by atoms with Gasteiger partial charge in [-0.2, -0.15) is 0 Å². The molecule has 132 valence electrons. The third-order valence-corrected chi connectivity index (χ3v) is 4.49. The van der Waals surface area contributed by atoms with Crippen molar-refractivity contribution in [2.45, 2.75) is 38.3 Å². The fourth-order valence-corrected chi connectivity index (χ4v) is 3.10. The van der Waals surface area contributed by atoms with Crippen LogP contribution in [-0.2, 0) is 6.42 Å². The minimum absolute atomic E-state index is 0.0829. The maximum atomic E-state index is 12.8. The second kappa shape index (κ2) is 8.07. The van der Waals surface area contributed by atoms with Crippen molar-refractivity contribution in [3.05, 3.63) is 54.0 Å². The quantitative estimate of drug-likeness (QED) is 0.804. The Kier molecular flexibility index (Phi) is 5.60. The molecule has 0 radical (unpaired) electrons. The van der Waals surface area contributed by atoms with E-state index >= 15 is 0 Å². The summed E-state index contributed by atoms with van der Waals surface area (Å²) >= 11 is 0. The van der Waals surface area contributed by atoms with Crippen LogP contribution >= 0.6 is 0 Å². The molecule has 1 saturated carbocycles. The van der Waals surface area contributed by atoms with Gasteiger partial charge in [-0.05, 0) is 49.9 Å². The molecule has 1 aliphatic carbocycles. The van der Waals surface area contributed by atoms with Gasteiger partial charge in [-0.1, -0.05) is 6.07 Å². The summed E-state index contributed by atoms with van der Waals surface area (Å²) in [5.74, 6) is 0.375. The number of pyridine rings is 2. The molecule has 0 saturated heterocycles. The van der Waals surface area contributed by atoms with Crippen molar-refractivity contribution in [3.63, 3.8) is 0 Å². The molecule has 0 aliphatic heterocycles. The summed E-state index contributed by atoms with van der Waals surface area (Å²) in [6, 6.07) is 9.10. The Morgan fingerprint density at radius 1 is 1.28 bits per heavy atom. The molecule has 2 N–H and O–H groups in total. The predicted octanol–water partition coefficient (Wildman–Crippen LogP) is 1.99. The van der Waals surface area contributed by atoms with E-state index in [9.17, 15) is 9.90 Å². The number of ether oxygens (including phenoxy) is 1. The average molecular weight is 341 g/mol. The molecule has 2 aromatic rings. The summed E-state index contributed by atoms with van der Waals surface area (Å²) < 4.78 is 5.45. The minimum atomic E-state index is -0.273. The van der Waals surface area contributed by atoms with E-state index < -0.39 is 0 Å². The molecule has 1 fully saturated rings. The van der Waals surface area contributed by atoms with Crippen molar-refractivity contribution in [2.75, 3.05) is 6.61 Å². The van der Waals surface area contributed by atoms with Crippen LogP contribution in [0.25, 0.3) is 0 Å². The van der Waals surface area contributed by atoms with Crippen molar-refractivity contribution in [3.8, 4) is 5.88 Å². The number of carbonyl (C=O) groups excluding carboxylic acids is 1. The second-order valence-corrected chi connectivity index (χ2v) is 6.28. The molecule has 2 heterocycles. The molecule has 2 aromatic heterocycles. The van der Waals surface area contributed by atoms with E-state index in [1.165, 1.54) is 0 Å². The molecule has 3 rings (SSSR count). The summed E-state index contributed by atoms with van der Waals surface area (Å²) in [4.78, 5) is 21.2. The number of hydrogen-bond donors (Lipinski definition) is 2. The summed E-state index contributed by atoms with van der Waals surface area (Å²) in [5.41, 5.74) is 1.35. The number of aromatic nitrogens is 2. The maximum Gasteiger partial charge on any atom is 0.257 e. The highest BCUT2D eigenvalue weighted by Gasteiger charge is 2.35. The number of rotatable bonds is 7. The third kappa shape index (κ3) is 4.33. The molecular formula is C19H23N3O3. The Morgan fingerprint density at radius 2 is 2.08 bits per heavy atom. The van der Waals surface area contributed by atoms with Gasteiger partial charge in [-0.3, -0.25) is 9.78 Å². The molecule has 25 heavy (non-hydrogen) atoms. The maximum absolute atomic E-state index is 12.8. The van der Waals surface area contributed by atoms with Crippen LogP contribution in [0.2, 0.25) is 0 Å². The van der Waals surface area contributed by atoms with Gasteiger partial charge < -0.3 is 15.2 Å². The minimum Gasteiger partial charge on any atom is -0.477 e. The number of aliphatic hydroxyl groups excluding tert-OH is 1. The van der Waals surface area contributed by atoms with E-state index in [0.29, 0.717) is 37.3 Å². The van der Waals surface area contributed by atoms with Gasteiger partial charge in [-0.15, -0.1) is 0 Å². The van der Waals surface area contributed by atoms with Crippen LogP contribution in [0, 0.1) is 5.92 Å². The monoisotopic (exact) mass is 341 g/mol. The van der Waals surface area contributed by atoms with E-state index in [1.807, 2.05) is 25.1 Å². The van der Waals surface area contributed by atoms with Gasteiger partial charge in [0.15, 0.2) is 0 Å². The Labute approximate surface area is 147 Å². The number of aliphatic hydroxyl groups is 1. The summed E-state index contributed by atoms with van der Waals surface area (Å²) in [6.07, 6.45) is 5.11. The molecule has 0 bridgehead atoms. The van der Waals surface area contributed by atoms with Gasteiger partial charge in [0.25, 0.3) is 5.91 Å². The van der Waals surface area contributed by atoms with Gasteiger partial charge in [0, 0.05) is 30.6 Å². The van der Waals surface area contributed by atoms with Gasteiger partial charge in [0.2, 0.25) is 5.88 Å². The number of carbonyl (C=O) groups is 1. The van der Waals surface area contributed by atoms with Crippen LogP contribution < -0.4 is 10.1 Å². The van der Waals surface area contributed by atoms with Crippen LogP contribution in [-0.4, -0.2) is 39.7 Å². The lowest BCUT2D eigenvalue weighted by molar-refractivity contribution is 0.0237. The van der Waals surface area contributed by atoms with Crippen molar-refractivity contribution in [1.29, 1.82) is 0 Å². The molecule has 0 spiro atoms. The van der Waals surface area contributed by atoms with Crippen LogP contribution in [0.3, 0.4) is 0 Å². The van der Waals surface area contributed by atoms with E-state index in [4.69, 9.17) is 4.74 Å². The predicted molar refractivity (Wildman–Crippen MR) is 93.3 cm³/mol. The van der Waals surface area contributed by atoms with Crippen molar-refractivity contribution in [2.24, 2.45) is 5.92 Å². The SMILES string of the molecule is CCOc1ncccc1C(=O)N[C@H](Cc1ccccn1)C1CC(O)C1. The van der Waals surface area contributed by atoms with Crippen molar-refractivity contribution < 1.29 is 14.6 Å². The first-order valence-electron chi connectivity index (χ1n) is 8.64. The first-order valence-corrected chi connectivity index (χ1v) is 8.64. The first kappa shape index (κ1) is 17.4. The number of nitrogens with zero attached hydrogens (tertiary/aromatic N) is 2. The van der Waals surface area contributed by atoms with Crippen LogP contribution in [0.4, 0.5) is 0 Å². The molecule has 6 nitrogen and oxygen atoms in total. The molecule has 1 aliphatic rings. The smallest absolute Gasteiger partial charge is 0.257 e. The number of amides is 1. The van der Waals surface area contributed by atoms with E-state index in [1.54, 1.807) is 24.5 Å². The molecule has 1 atom stereocenters. The first-order chi connectivity index (χ1) is 12.2. The van der Waals surface area contributed by atoms with Crippen molar-refractivity contribution >= 4 is 5.91 Å². The number of nitrogens with one attached hydrogen (secondary N) is 1. The van der Waals surface area contributed by atoms with Crippen LogP contribution in [0.1, 0.15) is 35.8 Å². The van der Waals surface area contributed by atoms with Gasteiger partial charge in [0.05, 0.1) is 12.7 Å². The molecule has 0 unspecified atom stereocenters. The fourth-order valence-electron chi connectivity index (χ4n) is 3.10. The van der Waals surface area contributed by atoms with E-state index in [2.05, 4.69) is 15.3 Å². The average Bonchev–Trinajstić information content (AvgIpc) is 2.60. The highest BCUT2D eigenvalue weighted by molar-refractivity contribution is 5.96. The lowest BCUT2D eigenvalue weighted by Crippen LogP contribution is -2.48. The Balaban J connectivity index is 1.74. The van der Waals surface area contributed by atoms with Gasteiger partial charge in [0.1, 0.15) is 5.56 Å². The fraction of sp³-hybridized carbons (Fsp3) is 0.421. The standard InChI is InChI=1S/C19H23N3O3/c1-2-25-19-16(7-5-9-21-19)18(24)22-17(13-10-15(23)11-13)12-14-6-3-4-8-20-14/h3-9,13,15,17,23H,2,10-12H2,1H3,(H,22,24)/t13?,15?,17-/m1/s1. The topological polar surface area (TPSA) is 84.3 Å². The zero-order valence-corrected chi connectivity index (χ0v) is 14.3. The summed E-state index contributed by atoms with van der Waals surface area (Å²) in [5, 5.41) is 12.7. The van der Waals surface area contributed by atoms with Crippen LogP contribution in [0.5, 0.6) is 5.88 Å². The molecule has 0 aromatic carbocycles. The van der Waals surface area contributed by atoms with Gasteiger partial charge in [-0.25, -0.2) is 4.98 Å². The lowest BCUT2D eigenvalue weighted by atomic mass is 9.76. The second-order valence-electron chi connectivity index (χ2n) is 6.28. The normalized spacial score (nSPS) is 20.4. The van der Waals surface area contributed by atoms with E-state index in [-0.39, 0.29) is 24.0 Å². The largest absolute Gasteiger partial charge is 0.477 e. The Morgan fingerprint density at radius 3 is 2.76 bits per heavy atom. The summed E-state index contributed by atoms with van der Waals surface area (Å²) in [6.45, 7) is 2.31. The van der Waals surface area contributed by atoms with E-state index in [0.717, 1.165) is 5.69 Å². The van der Waals surface area contributed by atoms with Gasteiger partial charge >= 0.3 is 0 Å². The zero-order chi connectivity index (χ0) is 17.6. The zero-order valence-electron chi connectivity index (χ0n) is 14.3. The Hall–Kier alpha value is -2.47. The highest BCUT2D eigenvalue weighted by Crippen LogP contribution is 2.32. The highest BCUT2D eigenvalue weighted by atomic mass is 16.5. The van der Waals surface area contributed by atoms with Crippen molar-refractivity contribution in [1.82, 2.24) is 15.3 Å².